The summed E-state index contributed by atoms with van der Waals surface area (Å²) in [5.74, 6) is 6.66. The Morgan fingerprint density at radius 1 is 0.850 bits per heavy atom. The molecule has 1 aliphatic carbocycles. The van der Waals surface area contributed by atoms with Crippen LogP contribution >= 0.6 is 0 Å². The Balaban J connectivity index is 2.10. The maximum absolute atomic E-state index is 5.82. The fraction of sp³-hybridized carbons (Fsp3) is 1.00. The van der Waals surface area contributed by atoms with Crippen LogP contribution in [0.25, 0.3) is 0 Å². The molecule has 1 saturated carbocycles. The summed E-state index contributed by atoms with van der Waals surface area (Å²) >= 11 is 0. The van der Waals surface area contributed by atoms with Gasteiger partial charge in [-0.3, -0.25) is 11.3 Å². The van der Waals surface area contributed by atoms with E-state index in [9.17, 15) is 0 Å². The van der Waals surface area contributed by atoms with Crippen LogP contribution in [0.3, 0.4) is 0 Å². The van der Waals surface area contributed by atoms with Gasteiger partial charge >= 0.3 is 0 Å². The molecule has 1 fully saturated rings. The van der Waals surface area contributed by atoms with Crippen LogP contribution < -0.4 is 11.3 Å². The van der Waals surface area contributed by atoms with Gasteiger partial charge in [-0.05, 0) is 25.2 Å². The first-order chi connectivity index (χ1) is 9.88. The third kappa shape index (κ3) is 8.26. The number of unbranched alkanes of at least 4 members (excludes halogenated alkanes) is 6. The van der Waals surface area contributed by atoms with E-state index in [-0.39, 0.29) is 0 Å². The van der Waals surface area contributed by atoms with Crippen molar-refractivity contribution >= 4 is 0 Å². The molecule has 1 aliphatic rings. The van der Waals surface area contributed by atoms with Gasteiger partial charge in [0.25, 0.3) is 0 Å². The third-order valence-electron chi connectivity index (χ3n) is 5.05. The molecule has 0 aromatic heterocycles. The first-order valence-corrected chi connectivity index (χ1v) is 9.34. The Morgan fingerprint density at radius 3 is 2.00 bits per heavy atom. The van der Waals surface area contributed by atoms with Gasteiger partial charge in [0.15, 0.2) is 0 Å². The quantitative estimate of drug-likeness (QED) is 0.323. The molecule has 120 valence electrons. The minimum Gasteiger partial charge on any atom is -0.271 e. The van der Waals surface area contributed by atoms with E-state index in [4.69, 9.17) is 5.84 Å². The molecular weight excluding hydrogens is 244 g/mol. The average molecular weight is 283 g/mol. The Morgan fingerprint density at radius 2 is 1.40 bits per heavy atom. The van der Waals surface area contributed by atoms with Crippen LogP contribution in [0, 0.1) is 5.92 Å². The summed E-state index contributed by atoms with van der Waals surface area (Å²) in [6.45, 7) is 2.28. The minimum atomic E-state index is 0.573. The Hall–Kier alpha value is -0.0800. The zero-order chi connectivity index (χ0) is 14.5. The highest BCUT2D eigenvalue weighted by Crippen LogP contribution is 2.27. The predicted octanol–water partition coefficient (Wildman–Crippen LogP) is 5.32. The highest BCUT2D eigenvalue weighted by molar-refractivity contribution is 4.76. The molecule has 0 aromatic carbocycles. The normalized spacial score (nSPS) is 19.5. The van der Waals surface area contributed by atoms with Crippen LogP contribution in [-0.2, 0) is 0 Å². The highest BCUT2D eigenvalue weighted by atomic mass is 15.2. The zero-order valence-electron chi connectivity index (χ0n) is 13.8. The Labute approximate surface area is 127 Å². The topological polar surface area (TPSA) is 38.0 Å². The molecule has 0 saturated heterocycles. The van der Waals surface area contributed by atoms with Crippen molar-refractivity contribution in [2.75, 3.05) is 0 Å². The van der Waals surface area contributed by atoms with Gasteiger partial charge in [0.1, 0.15) is 0 Å². The second kappa shape index (κ2) is 12.6. The van der Waals surface area contributed by atoms with E-state index >= 15 is 0 Å². The summed E-state index contributed by atoms with van der Waals surface area (Å²) < 4.78 is 0. The summed E-state index contributed by atoms with van der Waals surface area (Å²) in [4.78, 5) is 0. The van der Waals surface area contributed by atoms with Gasteiger partial charge in [0.2, 0.25) is 0 Å². The number of hydrogen-bond acceptors (Lipinski definition) is 2. The molecule has 1 rings (SSSR count). The minimum absolute atomic E-state index is 0.573. The monoisotopic (exact) mass is 282 g/mol. The van der Waals surface area contributed by atoms with E-state index < -0.39 is 0 Å². The van der Waals surface area contributed by atoms with E-state index in [1.807, 2.05) is 0 Å². The summed E-state index contributed by atoms with van der Waals surface area (Å²) in [6, 6.07) is 0.573. The van der Waals surface area contributed by atoms with Gasteiger partial charge in [-0.1, -0.05) is 84.0 Å². The largest absolute Gasteiger partial charge is 0.271 e. The van der Waals surface area contributed by atoms with Gasteiger partial charge in [-0.2, -0.15) is 0 Å². The molecule has 0 heterocycles. The second-order valence-electron chi connectivity index (χ2n) is 6.79. The van der Waals surface area contributed by atoms with Crippen molar-refractivity contribution in [2.24, 2.45) is 11.8 Å². The summed E-state index contributed by atoms with van der Waals surface area (Å²) in [6.07, 6.45) is 21.0. The summed E-state index contributed by atoms with van der Waals surface area (Å²) in [5, 5.41) is 0. The number of hydrazine groups is 1. The molecule has 2 heteroatoms. The molecule has 0 amide bonds. The van der Waals surface area contributed by atoms with Crippen molar-refractivity contribution in [3.05, 3.63) is 0 Å². The van der Waals surface area contributed by atoms with Crippen LogP contribution in [0.5, 0.6) is 0 Å². The summed E-state index contributed by atoms with van der Waals surface area (Å²) in [7, 11) is 0. The predicted molar refractivity (Wildman–Crippen MR) is 89.5 cm³/mol. The molecule has 1 atom stereocenters. The van der Waals surface area contributed by atoms with Crippen LogP contribution in [0.1, 0.15) is 103 Å². The van der Waals surface area contributed by atoms with Crippen molar-refractivity contribution < 1.29 is 0 Å². The highest BCUT2D eigenvalue weighted by Gasteiger charge is 2.20. The first kappa shape index (κ1) is 18.0. The Kier molecular flexibility index (Phi) is 11.4. The standard InChI is InChI=1S/C18H38N2/c1-2-3-4-5-6-10-13-16-18(20-19)17-14-11-8-7-9-12-15-17/h17-18,20H,2-16,19H2,1H3. The van der Waals surface area contributed by atoms with Gasteiger partial charge in [0.05, 0.1) is 0 Å². The number of nitrogens with one attached hydrogen (secondary N) is 1. The fourth-order valence-corrected chi connectivity index (χ4v) is 3.67. The van der Waals surface area contributed by atoms with Crippen molar-refractivity contribution in [3.63, 3.8) is 0 Å². The zero-order valence-corrected chi connectivity index (χ0v) is 13.8. The maximum atomic E-state index is 5.82. The first-order valence-electron chi connectivity index (χ1n) is 9.34. The Bertz CT molecular complexity index is 198. The molecule has 0 aliphatic heterocycles. The van der Waals surface area contributed by atoms with Crippen LogP contribution in [0.15, 0.2) is 0 Å². The van der Waals surface area contributed by atoms with Crippen molar-refractivity contribution in [1.29, 1.82) is 0 Å². The number of nitrogens with two attached hydrogens (primary N) is 1. The molecule has 1 unspecified atom stereocenters. The van der Waals surface area contributed by atoms with Crippen molar-refractivity contribution in [1.82, 2.24) is 5.43 Å². The van der Waals surface area contributed by atoms with E-state index in [1.165, 1.54) is 96.3 Å². The fourth-order valence-electron chi connectivity index (χ4n) is 3.67. The van der Waals surface area contributed by atoms with Crippen molar-refractivity contribution in [3.8, 4) is 0 Å². The van der Waals surface area contributed by atoms with Crippen LogP contribution in [0.2, 0.25) is 0 Å². The second-order valence-corrected chi connectivity index (χ2v) is 6.79. The maximum Gasteiger partial charge on any atom is 0.0238 e. The SMILES string of the molecule is CCCCCCCCCC(NN)C1CCCCCCC1. The molecule has 0 bridgehead atoms. The molecule has 20 heavy (non-hydrogen) atoms. The molecule has 0 aromatic rings. The van der Waals surface area contributed by atoms with E-state index in [2.05, 4.69) is 12.3 Å². The lowest BCUT2D eigenvalue weighted by Gasteiger charge is -2.28. The van der Waals surface area contributed by atoms with Gasteiger partial charge in [0, 0.05) is 6.04 Å². The lowest BCUT2D eigenvalue weighted by Crippen LogP contribution is -2.41. The molecule has 0 radical (unpaired) electrons. The third-order valence-corrected chi connectivity index (χ3v) is 5.05. The number of hydrogen-bond donors (Lipinski definition) is 2. The van der Waals surface area contributed by atoms with Gasteiger partial charge in [-0.25, -0.2) is 0 Å². The lowest BCUT2D eigenvalue weighted by molar-refractivity contribution is 0.270. The lowest BCUT2D eigenvalue weighted by atomic mass is 9.84. The molecule has 3 N–H and O–H groups in total. The average Bonchev–Trinajstić information content (AvgIpc) is 2.43. The summed E-state index contributed by atoms with van der Waals surface area (Å²) in [5.41, 5.74) is 3.13. The smallest absolute Gasteiger partial charge is 0.0238 e. The molecule has 0 spiro atoms. The van der Waals surface area contributed by atoms with E-state index in [0.29, 0.717) is 6.04 Å². The molecule has 2 nitrogen and oxygen atoms in total. The molecular formula is C18H38N2. The number of rotatable bonds is 10. The van der Waals surface area contributed by atoms with Gasteiger partial charge in [-0.15, -0.1) is 0 Å². The van der Waals surface area contributed by atoms with E-state index in [0.717, 1.165) is 5.92 Å². The van der Waals surface area contributed by atoms with Crippen molar-refractivity contribution in [2.45, 2.75) is 109 Å². The van der Waals surface area contributed by atoms with Crippen LogP contribution in [-0.4, -0.2) is 6.04 Å². The van der Waals surface area contributed by atoms with Gasteiger partial charge < -0.3 is 0 Å². The van der Waals surface area contributed by atoms with Crippen LogP contribution in [0.4, 0.5) is 0 Å². The van der Waals surface area contributed by atoms with E-state index in [1.54, 1.807) is 0 Å².